The number of aryl methyl sites for hydroxylation is 1. The predicted octanol–water partition coefficient (Wildman–Crippen LogP) is 2.28. The summed E-state index contributed by atoms with van der Waals surface area (Å²) >= 11 is 0. The molecule has 0 radical (unpaired) electrons. The fourth-order valence-electron chi connectivity index (χ4n) is 2.24. The summed E-state index contributed by atoms with van der Waals surface area (Å²) in [6, 6.07) is 0. The van der Waals surface area contributed by atoms with Gasteiger partial charge in [0.1, 0.15) is 0 Å². The van der Waals surface area contributed by atoms with Crippen molar-refractivity contribution in [2.45, 2.75) is 44.9 Å². The number of rotatable bonds is 4. The Morgan fingerprint density at radius 2 is 2.06 bits per heavy atom. The Hall–Kier alpha value is -1.39. The lowest BCUT2D eigenvalue weighted by molar-refractivity contribution is 0.0651. The van der Waals surface area contributed by atoms with Crippen molar-refractivity contribution < 1.29 is 14.3 Å². The Balaban J connectivity index is 1.81. The molecule has 2 rings (SSSR count). The average Bonchev–Trinajstić information content (AvgIpc) is 2.76. The van der Waals surface area contributed by atoms with Gasteiger partial charge in [-0.05, 0) is 12.3 Å². The van der Waals surface area contributed by atoms with Gasteiger partial charge < -0.3 is 9.52 Å². The van der Waals surface area contributed by atoms with E-state index in [1.54, 1.807) is 0 Å². The average molecular weight is 224 g/mol. The smallest absolute Gasteiger partial charge is 0.393 e. The Morgan fingerprint density at radius 3 is 2.69 bits per heavy atom. The van der Waals surface area contributed by atoms with Crippen molar-refractivity contribution in [2.75, 3.05) is 0 Å². The van der Waals surface area contributed by atoms with Crippen molar-refractivity contribution in [3.05, 3.63) is 11.8 Å². The van der Waals surface area contributed by atoms with E-state index >= 15 is 0 Å². The first-order valence-corrected chi connectivity index (χ1v) is 5.81. The summed E-state index contributed by atoms with van der Waals surface area (Å²) in [7, 11) is 0. The quantitative estimate of drug-likeness (QED) is 0.849. The third-order valence-corrected chi connectivity index (χ3v) is 3.14. The van der Waals surface area contributed by atoms with Crippen molar-refractivity contribution in [1.29, 1.82) is 0 Å². The van der Waals surface area contributed by atoms with Gasteiger partial charge in [0.05, 0.1) is 0 Å². The van der Waals surface area contributed by atoms with Gasteiger partial charge in [0, 0.05) is 6.42 Å². The van der Waals surface area contributed by atoms with Crippen LogP contribution < -0.4 is 0 Å². The molecule has 1 N–H and O–H groups in total. The van der Waals surface area contributed by atoms with Crippen LogP contribution in [-0.2, 0) is 6.42 Å². The zero-order valence-corrected chi connectivity index (χ0v) is 9.19. The van der Waals surface area contributed by atoms with Crippen LogP contribution in [0.3, 0.4) is 0 Å². The number of aromatic carboxylic acids is 1. The molecule has 1 heterocycles. The molecule has 0 saturated heterocycles. The van der Waals surface area contributed by atoms with Crippen molar-refractivity contribution in [3.63, 3.8) is 0 Å². The predicted molar refractivity (Wildman–Crippen MR) is 56.2 cm³/mol. The van der Waals surface area contributed by atoms with Crippen molar-refractivity contribution in [2.24, 2.45) is 5.92 Å². The molecule has 0 bridgehead atoms. The summed E-state index contributed by atoms with van der Waals surface area (Å²) in [6.07, 6.45) is 8.26. The summed E-state index contributed by atoms with van der Waals surface area (Å²) in [6.45, 7) is 0. The molecule has 0 atom stereocenters. The number of hydrogen-bond acceptors (Lipinski definition) is 4. The molecule has 1 saturated carbocycles. The Labute approximate surface area is 93.9 Å². The normalized spacial score (nSPS) is 17.5. The molecule has 0 amide bonds. The summed E-state index contributed by atoms with van der Waals surface area (Å²) in [5.74, 6) is -0.271. The van der Waals surface area contributed by atoms with Crippen LogP contribution in [0.5, 0.6) is 0 Å². The van der Waals surface area contributed by atoms with Crippen molar-refractivity contribution >= 4 is 5.97 Å². The number of carboxylic acid groups (broad SMARTS) is 1. The van der Waals surface area contributed by atoms with Gasteiger partial charge in [0.25, 0.3) is 0 Å². The van der Waals surface area contributed by atoms with Gasteiger partial charge in [-0.2, -0.15) is 0 Å². The molecule has 5 nitrogen and oxygen atoms in total. The molecule has 16 heavy (non-hydrogen) atoms. The molecule has 88 valence electrons. The molecule has 1 aromatic heterocycles. The number of hydrogen-bond donors (Lipinski definition) is 1. The molecular formula is C11H16N2O3. The number of aromatic nitrogens is 2. The standard InChI is InChI=1S/C11H16N2O3/c14-11(15)10-13-12-9(16-10)7-6-8-4-2-1-3-5-8/h8H,1-7H2,(H,14,15). The summed E-state index contributed by atoms with van der Waals surface area (Å²) < 4.78 is 5.01. The van der Waals surface area contributed by atoms with Gasteiger partial charge in [-0.1, -0.05) is 32.1 Å². The summed E-state index contributed by atoms with van der Waals surface area (Å²) in [4.78, 5) is 10.5. The Kier molecular flexibility index (Phi) is 3.54. The van der Waals surface area contributed by atoms with E-state index in [0.29, 0.717) is 12.3 Å². The maximum atomic E-state index is 10.5. The van der Waals surface area contributed by atoms with Crippen LogP contribution in [-0.4, -0.2) is 21.3 Å². The lowest BCUT2D eigenvalue weighted by atomic mass is 9.86. The summed E-state index contributed by atoms with van der Waals surface area (Å²) in [5, 5.41) is 15.8. The molecule has 0 unspecified atom stereocenters. The highest BCUT2D eigenvalue weighted by Crippen LogP contribution is 2.27. The van der Waals surface area contributed by atoms with Crippen LogP contribution >= 0.6 is 0 Å². The zero-order valence-electron chi connectivity index (χ0n) is 9.19. The van der Waals surface area contributed by atoms with Crippen LogP contribution in [0.25, 0.3) is 0 Å². The second kappa shape index (κ2) is 5.09. The van der Waals surface area contributed by atoms with E-state index < -0.39 is 5.97 Å². The van der Waals surface area contributed by atoms with Crippen molar-refractivity contribution in [1.82, 2.24) is 10.2 Å². The molecule has 1 aromatic rings. The molecule has 1 aliphatic carbocycles. The molecular weight excluding hydrogens is 208 g/mol. The van der Waals surface area contributed by atoms with Crippen LogP contribution in [0.4, 0.5) is 0 Å². The monoisotopic (exact) mass is 224 g/mol. The lowest BCUT2D eigenvalue weighted by Crippen LogP contribution is -2.07. The molecule has 1 fully saturated rings. The van der Waals surface area contributed by atoms with E-state index in [4.69, 9.17) is 9.52 Å². The van der Waals surface area contributed by atoms with Gasteiger partial charge in [-0.25, -0.2) is 4.79 Å². The molecule has 0 aromatic carbocycles. The maximum Gasteiger partial charge on any atom is 0.393 e. The minimum Gasteiger partial charge on any atom is -0.474 e. The van der Waals surface area contributed by atoms with Crippen LogP contribution in [0, 0.1) is 5.92 Å². The lowest BCUT2D eigenvalue weighted by Gasteiger charge is -2.20. The number of carbonyl (C=O) groups is 1. The van der Waals surface area contributed by atoms with Gasteiger partial charge in [-0.15, -0.1) is 10.2 Å². The molecule has 1 aliphatic rings. The summed E-state index contributed by atoms with van der Waals surface area (Å²) in [5.41, 5.74) is 0. The Morgan fingerprint density at radius 1 is 1.31 bits per heavy atom. The van der Waals surface area contributed by atoms with Crippen LogP contribution in [0.15, 0.2) is 4.42 Å². The fraction of sp³-hybridized carbons (Fsp3) is 0.727. The van der Waals surface area contributed by atoms with E-state index in [1.807, 2.05) is 0 Å². The first kappa shape index (κ1) is 11.1. The van der Waals surface area contributed by atoms with E-state index in [-0.39, 0.29) is 5.89 Å². The van der Waals surface area contributed by atoms with E-state index in [2.05, 4.69) is 10.2 Å². The third-order valence-electron chi connectivity index (χ3n) is 3.14. The van der Waals surface area contributed by atoms with Gasteiger partial charge in [0.15, 0.2) is 0 Å². The van der Waals surface area contributed by atoms with E-state index in [1.165, 1.54) is 32.1 Å². The Bertz CT molecular complexity index is 356. The largest absolute Gasteiger partial charge is 0.474 e. The fourth-order valence-corrected chi connectivity index (χ4v) is 2.24. The van der Waals surface area contributed by atoms with E-state index in [9.17, 15) is 4.79 Å². The minimum absolute atomic E-state index is 0.307. The highest BCUT2D eigenvalue weighted by molar-refractivity contribution is 5.81. The van der Waals surface area contributed by atoms with Gasteiger partial charge in [-0.3, -0.25) is 0 Å². The third kappa shape index (κ3) is 2.81. The first-order valence-electron chi connectivity index (χ1n) is 5.81. The zero-order chi connectivity index (χ0) is 11.4. The van der Waals surface area contributed by atoms with Crippen LogP contribution in [0.2, 0.25) is 0 Å². The van der Waals surface area contributed by atoms with Gasteiger partial charge >= 0.3 is 11.9 Å². The SMILES string of the molecule is O=C(O)c1nnc(CCC2CCCCC2)o1. The van der Waals surface area contributed by atoms with E-state index in [0.717, 1.165) is 12.3 Å². The topological polar surface area (TPSA) is 76.2 Å². The second-order valence-corrected chi connectivity index (χ2v) is 4.35. The highest BCUT2D eigenvalue weighted by atomic mass is 16.4. The highest BCUT2D eigenvalue weighted by Gasteiger charge is 2.16. The maximum absolute atomic E-state index is 10.5. The number of nitrogens with zero attached hydrogens (tertiary/aromatic N) is 2. The second-order valence-electron chi connectivity index (χ2n) is 4.35. The molecule has 0 spiro atoms. The molecule has 5 heteroatoms. The van der Waals surface area contributed by atoms with Gasteiger partial charge in [0.2, 0.25) is 5.89 Å². The van der Waals surface area contributed by atoms with Crippen LogP contribution in [0.1, 0.15) is 55.1 Å². The molecule has 0 aliphatic heterocycles. The van der Waals surface area contributed by atoms with Crippen molar-refractivity contribution in [3.8, 4) is 0 Å². The number of carboxylic acids is 1. The minimum atomic E-state index is -1.16. The first-order chi connectivity index (χ1) is 7.75.